The summed E-state index contributed by atoms with van der Waals surface area (Å²) >= 11 is 1.43. The summed E-state index contributed by atoms with van der Waals surface area (Å²) in [5, 5.41) is 0.596. The average Bonchev–Trinajstić information content (AvgIpc) is 2.97. The van der Waals surface area contributed by atoms with Gasteiger partial charge in [-0.1, -0.05) is 42.8 Å². The van der Waals surface area contributed by atoms with Crippen LogP contribution in [0, 0.1) is 6.92 Å². The first-order valence-electron chi connectivity index (χ1n) is 8.24. The van der Waals surface area contributed by atoms with E-state index < -0.39 is 9.84 Å². The Morgan fingerprint density at radius 1 is 1.29 bits per heavy atom. The molecule has 0 bridgehead atoms. The third kappa shape index (κ3) is 3.67. The highest BCUT2D eigenvalue weighted by molar-refractivity contribution is 8.16. The Kier molecular flexibility index (Phi) is 5.01. The molecule has 7 heteroatoms. The summed E-state index contributed by atoms with van der Waals surface area (Å²) < 4.78 is 24.0. The second-order valence-electron chi connectivity index (χ2n) is 6.40. The fraction of sp³-hybridized carbons (Fsp3) is 0.529. The highest BCUT2D eigenvalue weighted by Crippen LogP contribution is 2.41. The Labute approximate surface area is 147 Å². The molecule has 1 aromatic carbocycles. The number of hydrogen-bond acceptors (Lipinski definition) is 4. The number of carbonyl (C=O) groups excluding carboxylic acids is 1. The first kappa shape index (κ1) is 17.5. The lowest BCUT2D eigenvalue weighted by molar-refractivity contribution is -0.117. The minimum absolute atomic E-state index is 0.0472. The molecule has 0 N–H and O–H groups in total. The molecule has 0 unspecified atom stereocenters. The molecule has 130 valence electrons. The van der Waals surface area contributed by atoms with E-state index in [1.54, 1.807) is 0 Å². The minimum Gasteiger partial charge on any atom is -0.316 e. The SMILES string of the molecule is CCCCC(=O)N=C1S[C@@H]2CS(=O)(=O)C[C@H]2N1c1ccc(C)cc1. The molecule has 0 spiro atoms. The lowest BCUT2D eigenvalue weighted by Crippen LogP contribution is -2.37. The average molecular weight is 367 g/mol. The third-order valence-electron chi connectivity index (χ3n) is 4.34. The Bertz CT molecular complexity index is 757. The van der Waals surface area contributed by atoms with E-state index >= 15 is 0 Å². The fourth-order valence-electron chi connectivity index (χ4n) is 3.06. The van der Waals surface area contributed by atoms with Gasteiger partial charge in [0.1, 0.15) is 0 Å². The second kappa shape index (κ2) is 6.88. The molecule has 1 amide bonds. The normalized spacial score (nSPS) is 26.8. The van der Waals surface area contributed by atoms with Crippen molar-refractivity contribution in [1.29, 1.82) is 0 Å². The molecule has 2 heterocycles. The standard InChI is InChI=1S/C17H22N2O3S2/c1-3-4-5-16(20)18-17-19(13-8-6-12(2)7-9-13)14-10-24(21,22)11-15(14)23-17/h6-9,14-15H,3-5,10-11H2,1-2H3/t14-,15-/m1/s1. The number of amidine groups is 1. The predicted octanol–water partition coefficient (Wildman–Crippen LogP) is 2.79. The van der Waals surface area contributed by atoms with Crippen molar-refractivity contribution in [3.05, 3.63) is 29.8 Å². The second-order valence-corrected chi connectivity index (χ2v) is 9.76. The van der Waals surface area contributed by atoms with E-state index in [9.17, 15) is 13.2 Å². The van der Waals surface area contributed by atoms with Crippen LogP contribution in [-0.2, 0) is 14.6 Å². The van der Waals surface area contributed by atoms with Crippen molar-refractivity contribution in [1.82, 2.24) is 0 Å². The van der Waals surface area contributed by atoms with Gasteiger partial charge in [0, 0.05) is 17.4 Å². The van der Waals surface area contributed by atoms with Gasteiger partial charge in [-0.25, -0.2) is 8.42 Å². The van der Waals surface area contributed by atoms with E-state index in [0.717, 1.165) is 24.1 Å². The fourth-order valence-corrected chi connectivity index (χ4v) is 6.99. The number of aryl methyl sites for hydroxylation is 1. The number of benzene rings is 1. The zero-order valence-corrected chi connectivity index (χ0v) is 15.6. The van der Waals surface area contributed by atoms with E-state index in [2.05, 4.69) is 4.99 Å². The molecule has 0 aliphatic carbocycles. The number of nitrogens with zero attached hydrogens (tertiary/aromatic N) is 2. The van der Waals surface area contributed by atoms with E-state index in [4.69, 9.17) is 0 Å². The van der Waals surface area contributed by atoms with Gasteiger partial charge in [-0.05, 0) is 25.5 Å². The number of hydrogen-bond donors (Lipinski definition) is 0. The number of aliphatic imine (C=N–C) groups is 1. The number of rotatable bonds is 4. The van der Waals surface area contributed by atoms with Crippen molar-refractivity contribution < 1.29 is 13.2 Å². The molecule has 0 radical (unpaired) electrons. The minimum atomic E-state index is -3.02. The van der Waals surface area contributed by atoms with Gasteiger partial charge in [0.15, 0.2) is 15.0 Å². The molecular formula is C17H22N2O3S2. The van der Waals surface area contributed by atoms with Crippen molar-refractivity contribution >= 4 is 38.4 Å². The van der Waals surface area contributed by atoms with Crippen LogP contribution in [0.5, 0.6) is 0 Å². The van der Waals surface area contributed by atoms with Gasteiger partial charge >= 0.3 is 0 Å². The molecule has 5 nitrogen and oxygen atoms in total. The van der Waals surface area contributed by atoms with Gasteiger partial charge in [-0.15, -0.1) is 0 Å². The van der Waals surface area contributed by atoms with E-state index in [-0.39, 0.29) is 28.7 Å². The molecule has 2 fully saturated rings. The summed E-state index contributed by atoms with van der Waals surface area (Å²) in [5.41, 5.74) is 2.04. The largest absolute Gasteiger partial charge is 0.316 e. The molecule has 2 saturated heterocycles. The van der Waals surface area contributed by atoms with Crippen LogP contribution in [0.2, 0.25) is 0 Å². The highest BCUT2D eigenvalue weighted by Gasteiger charge is 2.49. The van der Waals surface area contributed by atoms with Crippen molar-refractivity contribution in [2.24, 2.45) is 4.99 Å². The van der Waals surface area contributed by atoms with Crippen LogP contribution < -0.4 is 4.90 Å². The van der Waals surface area contributed by atoms with Gasteiger partial charge in [0.2, 0.25) is 5.91 Å². The van der Waals surface area contributed by atoms with Crippen LogP contribution in [0.4, 0.5) is 5.69 Å². The maximum Gasteiger partial charge on any atom is 0.248 e. The van der Waals surface area contributed by atoms with E-state index in [0.29, 0.717) is 11.6 Å². The molecule has 0 saturated carbocycles. The van der Waals surface area contributed by atoms with Crippen molar-refractivity contribution in [3.63, 3.8) is 0 Å². The molecule has 2 aliphatic rings. The Hall–Kier alpha value is -1.34. The van der Waals surface area contributed by atoms with Crippen LogP contribution in [0.15, 0.2) is 29.3 Å². The zero-order valence-electron chi connectivity index (χ0n) is 13.9. The van der Waals surface area contributed by atoms with Gasteiger partial charge < -0.3 is 4.90 Å². The van der Waals surface area contributed by atoms with Crippen molar-refractivity contribution in [2.75, 3.05) is 16.4 Å². The summed E-state index contributed by atoms with van der Waals surface area (Å²) in [7, 11) is -3.02. The molecule has 2 aliphatic heterocycles. The number of fused-ring (bicyclic) bond motifs is 1. The van der Waals surface area contributed by atoms with Gasteiger partial charge in [-0.3, -0.25) is 4.79 Å². The monoisotopic (exact) mass is 366 g/mol. The molecule has 24 heavy (non-hydrogen) atoms. The number of carbonyl (C=O) groups is 1. The topological polar surface area (TPSA) is 66.8 Å². The lowest BCUT2D eigenvalue weighted by atomic mass is 10.1. The zero-order chi connectivity index (χ0) is 17.3. The molecule has 3 rings (SSSR count). The maximum atomic E-state index is 12.1. The van der Waals surface area contributed by atoms with E-state index in [1.165, 1.54) is 11.8 Å². The van der Waals surface area contributed by atoms with Crippen LogP contribution >= 0.6 is 11.8 Å². The molecule has 2 atom stereocenters. The van der Waals surface area contributed by atoms with Gasteiger partial charge in [0.25, 0.3) is 0 Å². The molecular weight excluding hydrogens is 344 g/mol. The van der Waals surface area contributed by atoms with E-state index in [1.807, 2.05) is 43.0 Å². The van der Waals surface area contributed by atoms with Crippen molar-refractivity contribution in [3.8, 4) is 0 Å². The Balaban J connectivity index is 1.92. The summed E-state index contributed by atoms with van der Waals surface area (Å²) in [5.74, 6) is 0.160. The van der Waals surface area contributed by atoms with Crippen LogP contribution in [0.1, 0.15) is 31.7 Å². The number of sulfone groups is 1. The highest BCUT2D eigenvalue weighted by atomic mass is 32.2. The van der Waals surface area contributed by atoms with Crippen LogP contribution in [-0.4, -0.2) is 42.3 Å². The summed E-state index contributed by atoms with van der Waals surface area (Å²) in [6.07, 6.45) is 2.22. The quantitative estimate of drug-likeness (QED) is 0.820. The van der Waals surface area contributed by atoms with Gasteiger partial charge in [-0.2, -0.15) is 4.99 Å². The summed E-state index contributed by atoms with van der Waals surface area (Å²) in [6, 6.07) is 7.78. The van der Waals surface area contributed by atoms with Gasteiger partial charge in [0.05, 0.1) is 17.5 Å². The number of thioether (sulfide) groups is 1. The Morgan fingerprint density at radius 2 is 2.00 bits per heavy atom. The number of anilines is 1. The van der Waals surface area contributed by atoms with Crippen LogP contribution in [0.25, 0.3) is 0 Å². The third-order valence-corrected chi connectivity index (χ3v) is 7.55. The first-order chi connectivity index (χ1) is 11.4. The van der Waals surface area contributed by atoms with Crippen LogP contribution in [0.3, 0.4) is 0 Å². The predicted molar refractivity (Wildman–Crippen MR) is 99.4 cm³/mol. The Morgan fingerprint density at radius 3 is 2.67 bits per heavy atom. The number of amides is 1. The molecule has 1 aromatic rings. The lowest BCUT2D eigenvalue weighted by Gasteiger charge is -2.24. The maximum absolute atomic E-state index is 12.1. The summed E-state index contributed by atoms with van der Waals surface area (Å²) in [6.45, 7) is 4.05. The first-order valence-corrected chi connectivity index (χ1v) is 10.9. The van der Waals surface area contributed by atoms with Crippen molar-refractivity contribution in [2.45, 2.75) is 44.4 Å². The smallest absolute Gasteiger partial charge is 0.248 e. The molecule has 0 aromatic heterocycles. The number of unbranched alkanes of at least 4 members (excludes halogenated alkanes) is 1. The summed E-state index contributed by atoms with van der Waals surface area (Å²) in [4.78, 5) is 18.3.